The second-order valence-electron chi connectivity index (χ2n) is 4.38. The zero-order valence-electron chi connectivity index (χ0n) is 10.0. The van der Waals surface area contributed by atoms with Gasteiger partial charge in [0.2, 0.25) is 5.91 Å². The monoisotopic (exact) mass is 269 g/mol. The van der Waals surface area contributed by atoms with Crippen molar-refractivity contribution in [3.8, 4) is 0 Å². The number of benzene rings is 1. The van der Waals surface area contributed by atoms with Gasteiger partial charge in [0.15, 0.2) is 0 Å². The first-order chi connectivity index (χ1) is 8.97. The second-order valence-corrected chi connectivity index (χ2v) is 4.38. The Bertz CT molecular complexity index is 530. The molecule has 1 saturated carbocycles. The minimum Gasteiger partial charge on any atom is -0.366 e. The highest BCUT2D eigenvalue weighted by molar-refractivity contribution is 5.97. The predicted molar refractivity (Wildman–Crippen MR) is 64.5 cm³/mol. The Kier molecular flexibility index (Phi) is 3.75. The first-order valence-corrected chi connectivity index (χ1v) is 5.79. The summed E-state index contributed by atoms with van der Waals surface area (Å²) in [6.45, 7) is 0.0351. The fourth-order valence-corrected chi connectivity index (χ4v) is 1.55. The molecule has 0 spiro atoms. The highest BCUT2D eigenvalue weighted by Crippen LogP contribution is 2.20. The van der Waals surface area contributed by atoms with E-state index in [9.17, 15) is 18.4 Å². The molecular weight excluding hydrogens is 256 g/mol. The third kappa shape index (κ3) is 3.47. The van der Waals surface area contributed by atoms with Crippen LogP contribution in [0.15, 0.2) is 12.1 Å². The fourth-order valence-electron chi connectivity index (χ4n) is 1.55. The van der Waals surface area contributed by atoms with Crippen molar-refractivity contribution in [2.75, 3.05) is 11.9 Å². The third-order valence-corrected chi connectivity index (χ3v) is 2.72. The minimum atomic E-state index is -1.06. The number of carbonyl (C=O) groups excluding carboxylic acids is 2. The van der Waals surface area contributed by atoms with Crippen molar-refractivity contribution in [3.05, 3.63) is 29.3 Å². The molecule has 0 saturated heterocycles. The molecule has 1 aromatic carbocycles. The average molecular weight is 269 g/mol. The Balaban J connectivity index is 2.07. The fraction of sp³-hybridized carbons (Fsp3) is 0.333. The summed E-state index contributed by atoms with van der Waals surface area (Å²) in [6, 6.07) is 1.75. The molecule has 19 heavy (non-hydrogen) atoms. The lowest BCUT2D eigenvalue weighted by atomic mass is 10.1. The molecule has 4 N–H and O–H groups in total. The van der Waals surface area contributed by atoms with E-state index < -0.39 is 29.0 Å². The number of anilines is 1. The quantitative estimate of drug-likeness (QED) is 0.737. The number of rotatable bonds is 5. The predicted octanol–water partition coefficient (Wildman–Crippen LogP) is 0.754. The van der Waals surface area contributed by atoms with Crippen LogP contribution >= 0.6 is 0 Å². The molecular formula is C12H13F2N3O2. The van der Waals surface area contributed by atoms with E-state index in [0.29, 0.717) is 12.1 Å². The summed E-state index contributed by atoms with van der Waals surface area (Å²) in [5, 5.41) is 5.21. The van der Waals surface area contributed by atoms with Crippen LogP contribution in [0.5, 0.6) is 0 Å². The Hall–Kier alpha value is -2.02. The Morgan fingerprint density at radius 1 is 1.26 bits per heavy atom. The van der Waals surface area contributed by atoms with E-state index in [1.807, 2.05) is 0 Å². The van der Waals surface area contributed by atoms with E-state index >= 15 is 0 Å². The largest absolute Gasteiger partial charge is 0.366 e. The van der Waals surface area contributed by atoms with Gasteiger partial charge < -0.3 is 16.4 Å². The van der Waals surface area contributed by atoms with Crippen LogP contribution in [0, 0.1) is 11.6 Å². The van der Waals surface area contributed by atoms with Crippen LogP contribution in [0.3, 0.4) is 0 Å². The lowest BCUT2D eigenvalue weighted by Crippen LogP contribution is -2.30. The molecule has 5 nitrogen and oxygen atoms in total. The van der Waals surface area contributed by atoms with E-state index in [1.165, 1.54) is 0 Å². The number of primary amides is 1. The highest BCUT2D eigenvalue weighted by Gasteiger charge is 2.21. The van der Waals surface area contributed by atoms with Crippen LogP contribution in [-0.2, 0) is 4.79 Å². The van der Waals surface area contributed by atoms with Crippen molar-refractivity contribution in [1.29, 1.82) is 0 Å². The van der Waals surface area contributed by atoms with E-state index in [1.54, 1.807) is 0 Å². The maximum atomic E-state index is 13.4. The summed E-state index contributed by atoms with van der Waals surface area (Å²) >= 11 is 0. The molecule has 2 amide bonds. The zero-order valence-corrected chi connectivity index (χ0v) is 10.0. The van der Waals surface area contributed by atoms with Gasteiger partial charge in [-0.3, -0.25) is 9.59 Å². The molecule has 1 fully saturated rings. The van der Waals surface area contributed by atoms with Gasteiger partial charge in [-0.2, -0.15) is 0 Å². The van der Waals surface area contributed by atoms with Crippen LogP contribution in [0.2, 0.25) is 0 Å². The maximum absolute atomic E-state index is 13.4. The number of hydrogen-bond donors (Lipinski definition) is 3. The average Bonchev–Trinajstić information content (AvgIpc) is 3.13. The molecule has 1 aromatic rings. The molecule has 0 aromatic heterocycles. The molecule has 102 valence electrons. The molecule has 1 aliphatic carbocycles. The molecule has 0 radical (unpaired) electrons. The standard InChI is InChI=1S/C12H13F2N3O2/c13-8-4-9(14)10(3-7(8)12(15)19)17-11(18)5-16-6-1-2-6/h3-4,6,16H,1-2,5H2,(H2,15,19)(H,17,18). The summed E-state index contributed by atoms with van der Waals surface area (Å²) in [7, 11) is 0. The molecule has 0 bridgehead atoms. The van der Waals surface area contributed by atoms with Crippen molar-refractivity contribution in [2.24, 2.45) is 5.73 Å². The molecule has 0 heterocycles. The Morgan fingerprint density at radius 2 is 1.95 bits per heavy atom. The van der Waals surface area contributed by atoms with E-state index in [0.717, 1.165) is 18.9 Å². The van der Waals surface area contributed by atoms with Crippen LogP contribution in [0.25, 0.3) is 0 Å². The highest BCUT2D eigenvalue weighted by atomic mass is 19.1. The van der Waals surface area contributed by atoms with Gasteiger partial charge >= 0.3 is 0 Å². The first-order valence-electron chi connectivity index (χ1n) is 5.79. The number of halogens is 2. The van der Waals surface area contributed by atoms with Crippen LogP contribution in [0.1, 0.15) is 23.2 Å². The van der Waals surface area contributed by atoms with Crippen LogP contribution in [0.4, 0.5) is 14.5 Å². The molecule has 0 unspecified atom stereocenters. The van der Waals surface area contributed by atoms with Crippen LogP contribution < -0.4 is 16.4 Å². The maximum Gasteiger partial charge on any atom is 0.251 e. The van der Waals surface area contributed by atoms with Gasteiger partial charge in [-0.1, -0.05) is 0 Å². The van der Waals surface area contributed by atoms with E-state index in [2.05, 4.69) is 10.6 Å². The smallest absolute Gasteiger partial charge is 0.251 e. The number of amides is 2. The Morgan fingerprint density at radius 3 is 2.53 bits per heavy atom. The summed E-state index contributed by atoms with van der Waals surface area (Å²) in [5.41, 5.74) is 4.21. The molecule has 7 heteroatoms. The SMILES string of the molecule is NC(=O)c1cc(NC(=O)CNC2CC2)c(F)cc1F. The minimum absolute atomic E-state index is 0.0351. The van der Waals surface area contributed by atoms with Crippen molar-refractivity contribution < 1.29 is 18.4 Å². The van der Waals surface area contributed by atoms with Gasteiger partial charge in [0.1, 0.15) is 11.6 Å². The van der Waals surface area contributed by atoms with Gasteiger partial charge in [-0.25, -0.2) is 8.78 Å². The summed E-state index contributed by atoms with van der Waals surface area (Å²) in [4.78, 5) is 22.4. The van der Waals surface area contributed by atoms with Crippen molar-refractivity contribution in [2.45, 2.75) is 18.9 Å². The second kappa shape index (κ2) is 5.31. The van der Waals surface area contributed by atoms with Gasteiger partial charge in [0.05, 0.1) is 17.8 Å². The van der Waals surface area contributed by atoms with E-state index in [4.69, 9.17) is 5.73 Å². The normalized spacial score (nSPS) is 14.2. The number of hydrogen-bond acceptors (Lipinski definition) is 3. The lowest BCUT2D eigenvalue weighted by Gasteiger charge is -2.09. The van der Waals surface area contributed by atoms with Crippen molar-refractivity contribution in [3.63, 3.8) is 0 Å². The summed E-state index contributed by atoms with van der Waals surface area (Å²) in [5.74, 6) is -3.50. The summed E-state index contributed by atoms with van der Waals surface area (Å²) in [6.07, 6.45) is 2.04. The number of nitrogens with one attached hydrogen (secondary N) is 2. The van der Waals surface area contributed by atoms with Gasteiger partial charge in [-0.05, 0) is 18.9 Å². The molecule has 2 rings (SSSR count). The topological polar surface area (TPSA) is 84.2 Å². The van der Waals surface area contributed by atoms with E-state index in [-0.39, 0.29) is 12.2 Å². The van der Waals surface area contributed by atoms with Crippen molar-refractivity contribution >= 4 is 17.5 Å². The van der Waals surface area contributed by atoms with Crippen LogP contribution in [-0.4, -0.2) is 24.4 Å². The molecule has 0 aliphatic heterocycles. The van der Waals surface area contributed by atoms with Crippen molar-refractivity contribution in [1.82, 2.24) is 5.32 Å². The lowest BCUT2D eigenvalue weighted by molar-refractivity contribution is -0.115. The van der Waals surface area contributed by atoms with Gasteiger partial charge in [0, 0.05) is 12.1 Å². The first kappa shape index (κ1) is 13.4. The number of nitrogens with two attached hydrogens (primary N) is 1. The Labute approximate surface area is 108 Å². The molecule has 0 atom stereocenters. The van der Waals surface area contributed by atoms with Gasteiger partial charge in [0.25, 0.3) is 5.91 Å². The zero-order chi connectivity index (χ0) is 14.0. The summed E-state index contributed by atoms with van der Waals surface area (Å²) < 4.78 is 26.7. The third-order valence-electron chi connectivity index (χ3n) is 2.72. The number of carbonyl (C=O) groups is 2. The van der Waals surface area contributed by atoms with Gasteiger partial charge in [-0.15, -0.1) is 0 Å². The molecule has 1 aliphatic rings.